The van der Waals surface area contributed by atoms with Crippen LogP contribution in [-0.4, -0.2) is 55.9 Å². The summed E-state index contributed by atoms with van der Waals surface area (Å²) in [4.78, 5) is 29.2. The maximum atomic E-state index is 12.9. The van der Waals surface area contributed by atoms with Gasteiger partial charge in [0.2, 0.25) is 15.9 Å². The third-order valence-electron chi connectivity index (χ3n) is 5.22. The number of hydrogen-bond acceptors (Lipinski definition) is 6. The third kappa shape index (κ3) is 5.61. The first kappa shape index (κ1) is 25.8. The van der Waals surface area contributed by atoms with Gasteiger partial charge >= 0.3 is 0 Å². The number of fused-ring (bicyclic) bond motifs is 1. The zero-order chi connectivity index (χ0) is 25.0. The number of thiazole rings is 1. The molecule has 3 aromatic rings. The second-order valence-corrected chi connectivity index (χ2v) is 11.0. The molecule has 2 aromatic carbocycles. The third-order valence-corrected chi connectivity index (χ3v) is 8.31. The van der Waals surface area contributed by atoms with Crippen LogP contribution in [0, 0.1) is 0 Å². The molecule has 182 valence electrons. The van der Waals surface area contributed by atoms with Crippen LogP contribution >= 0.6 is 11.3 Å². The van der Waals surface area contributed by atoms with Gasteiger partial charge in [-0.2, -0.15) is 9.30 Å². The van der Waals surface area contributed by atoms with Crippen molar-refractivity contribution in [2.75, 3.05) is 26.1 Å². The fraction of sp³-hybridized carbons (Fsp3) is 0.348. The normalized spacial score (nSPS) is 12.6. The van der Waals surface area contributed by atoms with E-state index in [4.69, 9.17) is 4.74 Å². The van der Waals surface area contributed by atoms with Gasteiger partial charge < -0.3 is 14.6 Å². The van der Waals surface area contributed by atoms with Crippen LogP contribution in [0.25, 0.3) is 10.2 Å². The number of sulfonamides is 1. The van der Waals surface area contributed by atoms with Crippen molar-refractivity contribution in [1.82, 2.24) is 8.87 Å². The molecule has 1 N–H and O–H groups in total. The number of nitrogens with zero attached hydrogens (tertiary/aromatic N) is 3. The molecule has 11 heteroatoms. The fourth-order valence-electron chi connectivity index (χ4n) is 3.20. The number of benzene rings is 2. The van der Waals surface area contributed by atoms with Gasteiger partial charge in [-0.25, -0.2) is 8.42 Å². The van der Waals surface area contributed by atoms with E-state index in [0.717, 1.165) is 10.2 Å². The summed E-state index contributed by atoms with van der Waals surface area (Å²) in [5.41, 5.74) is 1.79. The summed E-state index contributed by atoms with van der Waals surface area (Å²) in [6.45, 7) is 5.93. The van der Waals surface area contributed by atoms with Gasteiger partial charge in [-0.05, 0) is 56.3 Å². The van der Waals surface area contributed by atoms with E-state index >= 15 is 0 Å². The van der Waals surface area contributed by atoms with Crippen molar-refractivity contribution in [3.05, 3.63) is 52.8 Å². The molecule has 0 fully saturated rings. The fourth-order valence-corrected chi connectivity index (χ4v) is 5.66. The molecule has 0 atom stereocenters. The molecule has 0 aliphatic carbocycles. The Morgan fingerprint density at radius 1 is 1.18 bits per heavy atom. The molecule has 2 amide bonds. The molecule has 0 spiro atoms. The number of anilines is 1. The number of nitrogens with one attached hydrogen (secondary N) is 1. The van der Waals surface area contributed by atoms with Crippen molar-refractivity contribution >= 4 is 49.1 Å². The molecule has 34 heavy (non-hydrogen) atoms. The summed E-state index contributed by atoms with van der Waals surface area (Å²) in [5, 5.41) is 2.75. The average Bonchev–Trinajstić information content (AvgIpc) is 3.12. The van der Waals surface area contributed by atoms with E-state index in [1.807, 2.05) is 16.7 Å². The number of methoxy groups -OCH3 is 1. The van der Waals surface area contributed by atoms with Crippen LogP contribution in [0.3, 0.4) is 0 Å². The van der Waals surface area contributed by atoms with Crippen molar-refractivity contribution in [1.29, 1.82) is 0 Å². The van der Waals surface area contributed by atoms with E-state index in [0.29, 0.717) is 23.6 Å². The maximum absolute atomic E-state index is 12.9. The molecule has 0 aliphatic rings. The molecule has 9 nitrogen and oxygen atoms in total. The van der Waals surface area contributed by atoms with Crippen LogP contribution in [0.15, 0.2) is 52.4 Å². The minimum atomic E-state index is -3.64. The Balaban J connectivity index is 1.99. The summed E-state index contributed by atoms with van der Waals surface area (Å²) in [7, 11) is -0.526. The van der Waals surface area contributed by atoms with E-state index in [2.05, 4.69) is 10.3 Å². The first-order valence-electron chi connectivity index (χ1n) is 10.6. The van der Waals surface area contributed by atoms with Gasteiger partial charge in [0, 0.05) is 44.9 Å². The van der Waals surface area contributed by atoms with Crippen LogP contribution in [0.4, 0.5) is 5.69 Å². The number of aromatic nitrogens is 1. The van der Waals surface area contributed by atoms with Crippen LogP contribution in [0.5, 0.6) is 0 Å². The number of hydrogen-bond donors (Lipinski definition) is 1. The van der Waals surface area contributed by atoms with Crippen molar-refractivity contribution in [2.24, 2.45) is 4.99 Å². The van der Waals surface area contributed by atoms with Crippen LogP contribution in [0.1, 0.15) is 31.1 Å². The second-order valence-electron chi connectivity index (χ2n) is 7.95. The van der Waals surface area contributed by atoms with Gasteiger partial charge in [-0.15, -0.1) is 0 Å². The minimum Gasteiger partial charge on any atom is -0.383 e. The Kier molecular flexibility index (Phi) is 8.03. The Morgan fingerprint density at radius 2 is 1.85 bits per heavy atom. The maximum Gasteiger partial charge on any atom is 0.279 e. The Labute approximate surface area is 202 Å². The Hall–Kier alpha value is -2.86. The first-order chi connectivity index (χ1) is 16.0. The highest BCUT2D eigenvalue weighted by molar-refractivity contribution is 7.89. The quantitative estimate of drug-likeness (QED) is 0.507. The summed E-state index contributed by atoms with van der Waals surface area (Å²) in [6.07, 6.45) is 0. The highest BCUT2D eigenvalue weighted by Gasteiger charge is 2.23. The van der Waals surface area contributed by atoms with Gasteiger partial charge in [0.25, 0.3) is 5.91 Å². The molecule has 0 aliphatic heterocycles. The molecule has 0 radical (unpaired) electrons. The standard InChI is InChI=1S/C23H28N4O5S2/c1-15(2)26(4)34(30,31)19-9-6-17(7-10-19)22(29)25-23-27(12-13-32-5)20-11-8-18(24-16(3)28)14-21(20)33-23/h6-11,14-15H,12-13H2,1-5H3,(H,24,28). The lowest BCUT2D eigenvalue weighted by molar-refractivity contribution is -0.114. The molecule has 3 rings (SSSR count). The van der Waals surface area contributed by atoms with Gasteiger partial charge in [-0.3, -0.25) is 9.59 Å². The number of amides is 2. The van der Waals surface area contributed by atoms with Gasteiger partial charge in [0.15, 0.2) is 4.80 Å². The smallest absolute Gasteiger partial charge is 0.279 e. The Morgan fingerprint density at radius 3 is 2.44 bits per heavy atom. The topological polar surface area (TPSA) is 110 Å². The average molecular weight is 505 g/mol. The van der Waals surface area contributed by atoms with Gasteiger partial charge in [-0.1, -0.05) is 11.3 Å². The van der Waals surface area contributed by atoms with Crippen molar-refractivity contribution in [3.63, 3.8) is 0 Å². The van der Waals surface area contributed by atoms with Crippen molar-refractivity contribution in [2.45, 2.75) is 38.3 Å². The lowest BCUT2D eigenvalue weighted by Gasteiger charge is -2.20. The number of carbonyl (C=O) groups excluding carboxylic acids is 2. The van der Waals surface area contributed by atoms with E-state index in [1.54, 1.807) is 27.0 Å². The monoisotopic (exact) mass is 504 g/mol. The summed E-state index contributed by atoms with van der Waals surface area (Å²) < 4.78 is 34.5. The molecule has 0 bridgehead atoms. The second kappa shape index (κ2) is 10.6. The highest BCUT2D eigenvalue weighted by atomic mass is 32.2. The van der Waals surface area contributed by atoms with Crippen LogP contribution < -0.4 is 10.1 Å². The van der Waals surface area contributed by atoms with Gasteiger partial charge in [0.1, 0.15) is 0 Å². The zero-order valence-electron chi connectivity index (χ0n) is 19.7. The molecule has 1 aromatic heterocycles. The lowest BCUT2D eigenvalue weighted by Crippen LogP contribution is -2.33. The zero-order valence-corrected chi connectivity index (χ0v) is 21.4. The summed E-state index contributed by atoms with van der Waals surface area (Å²) >= 11 is 1.32. The highest BCUT2D eigenvalue weighted by Crippen LogP contribution is 2.22. The van der Waals surface area contributed by atoms with E-state index in [1.165, 1.54) is 53.9 Å². The molecule has 0 saturated heterocycles. The largest absolute Gasteiger partial charge is 0.383 e. The van der Waals surface area contributed by atoms with Crippen LogP contribution in [0.2, 0.25) is 0 Å². The lowest BCUT2D eigenvalue weighted by atomic mass is 10.2. The van der Waals surface area contributed by atoms with Crippen LogP contribution in [-0.2, 0) is 26.1 Å². The van der Waals surface area contributed by atoms with E-state index in [-0.39, 0.29) is 22.4 Å². The first-order valence-corrected chi connectivity index (χ1v) is 12.9. The number of rotatable bonds is 8. The minimum absolute atomic E-state index is 0.114. The van der Waals surface area contributed by atoms with Gasteiger partial charge in [0.05, 0.1) is 21.7 Å². The Bertz CT molecular complexity index is 1370. The summed E-state index contributed by atoms with van der Waals surface area (Å²) in [6, 6.07) is 11.1. The SMILES string of the molecule is COCCn1c(=NC(=O)c2ccc(S(=O)(=O)N(C)C(C)C)cc2)sc2cc(NC(C)=O)ccc21. The van der Waals surface area contributed by atoms with E-state index in [9.17, 15) is 18.0 Å². The predicted molar refractivity (Wildman–Crippen MR) is 132 cm³/mol. The summed E-state index contributed by atoms with van der Waals surface area (Å²) in [5.74, 6) is -0.658. The molecular weight excluding hydrogens is 476 g/mol. The molecule has 1 heterocycles. The predicted octanol–water partition coefficient (Wildman–Crippen LogP) is 3.08. The van der Waals surface area contributed by atoms with Crippen molar-refractivity contribution < 1.29 is 22.7 Å². The molecular formula is C23H28N4O5S2. The number of ether oxygens (including phenoxy) is 1. The molecule has 0 saturated carbocycles. The number of carbonyl (C=O) groups is 2. The molecule has 0 unspecified atom stereocenters. The van der Waals surface area contributed by atoms with Crippen molar-refractivity contribution in [3.8, 4) is 0 Å². The van der Waals surface area contributed by atoms with E-state index < -0.39 is 15.9 Å².